The van der Waals surface area contributed by atoms with Crippen molar-refractivity contribution in [2.45, 2.75) is 13.0 Å². The molecule has 0 aliphatic heterocycles. The van der Waals surface area contributed by atoms with E-state index < -0.39 is 0 Å². The van der Waals surface area contributed by atoms with Crippen LogP contribution in [0.2, 0.25) is 5.02 Å². The minimum absolute atomic E-state index is 0.130. The summed E-state index contributed by atoms with van der Waals surface area (Å²) in [5, 5.41) is 17.5. The Morgan fingerprint density at radius 1 is 1.04 bits per heavy atom. The Labute approximate surface area is 163 Å². The van der Waals surface area contributed by atoms with E-state index in [0.29, 0.717) is 10.8 Å². The fraction of sp³-hybridized carbons (Fsp3) is 0.150. The van der Waals surface area contributed by atoms with Crippen LogP contribution >= 0.6 is 11.6 Å². The molecule has 1 aromatic heterocycles. The Bertz CT molecular complexity index is 915. The second kappa shape index (κ2) is 8.51. The Hall–Kier alpha value is -3.12. The molecule has 0 aliphatic carbocycles. The molecule has 3 rings (SSSR count). The first-order valence-corrected chi connectivity index (χ1v) is 8.88. The highest BCUT2D eigenvalue weighted by molar-refractivity contribution is 6.33. The van der Waals surface area contributed by atoms with Gasteiger partial charge < -0.3 is 16.0 Å². The van der Waals surface area contributed by atoms with Crippen LogP contribution in [0.4, 0.5) is 17.2 Å². The van der Waals surface area contributed by atoms with E-state index in [1.807, 2.05) is 36.4 Å². The predicted molar refractivity (Wildman–Crippen MR) is 109 cm³/mol. The topological polar surface area (TPSA) is 78.9 Å². The van der Waals surface area contributed by atoms with Gasteiger partial charge in [0.25, 0.3) is 5.91 Å². The maximum absolute atomic E-state index is 11.5. The average molecular weight is 382 g/mol. The van der Waals surface area contributed by atoms with Crippen molar-refractivity contribution in [1.29, 1.82) is 0 Å². The van der Waals surface area contributed by atoms with Gasteiger partial charge in [-0.3, -0.25) is 4.79 Å². The molecule has 3 aromatic rings. The summed E-state index contributed by atoms with van der Waals surface area (Å²) < 4.78 is 0. The van der Waals surface area contributed by atoms with Gasteiger partial charge in [0.2, 0.25) is 0 Å². The van der Waals surface area contributed by atoms with Crippen molar-refractivity contribution in [3.05, 3.63) is 76.9 Å². The first-order valence-electron chi connectivity index (χ1n) is 8.50. The van der Waals surface area contributed by atoms with Crippen LogP contribution in [-0.2, 0) is 0 Å². The lowest BCUT2D eigenvalue weighted by atomic mass is 10.1. The SMILES string of the molecule is CNC(=O)c1ccc(Nc2ccc(NC(C)c3ccccc3)c(Cl)c2)nn1. The number of nitrogens with one attached hydrogen (secondary N) is 3. The van der Waals surface area contributed by atoms with Gasteiger partial charge in [0.1, 0.15) is 0 Å². The van der Waals surface area contributed by atoms with Gasteiger partial charge in [0.05, 0.1) is 10.7 Å². The van der Waals surface area contributed by atoms with E-state index in [9.17, 15) is 4.79 Å². The van der Waals surface area contributed by atoms with Crippen LogP contribution in [0.1, 0.15) is 29.0 Å². The largest absolute Gasteiger partial charge is 0.377 e. The van der Waals surface area contributed by atoms with Crippen molar-refractivity contribution >= 4 is 34.7 Å². The van der Waals surface area contributed by atoms with Crippen molar-refractivity contribution in [2.24, 2.45) is 0 Å². The highest BCUT2D eigenvalue weighted by Crippen LogP contribution is 2.29. The molecule has 7 heteroatoms. The van der Waals surface area contributed by atoms with Gasteiger partial charge in [-0.05, 0) is 42.8 Å². The molecule has 1 amide bonds. The fourth-order valence-electron chi connectivity index (χ4n) is 2.56. The normalized spacial score (nSPS) is 11.5. The molecule has 0 bridgehead atoms. The first-order chi connectivity index (χ1) is 13.1. The lowest BCUT2D eigenvalue weighted by Crippen LogP contribution is -2.19. The number of aromatic nitrogens is 2. The number of anilines is 3. The van der Waals surface area contributed by atoms with Crippen LogP contribution < -0.4 is 16.0 Å². The van der Waals surface area contributed by atoms with E-state index >= 15 is 0 Å². The van der Waals surface area contributed by atoms with E-state index in [2.05, 4.69) is 45.2 Å². The minimum Gasteiger partial charge on any atom is -0.377 e. The van der Waals surface area contributed by atoms with E-state index in [4.69, 9.17) is 11.6 Å². The molecule has 1 unspecified atom stereocenters. The third kappa shape index (κ3) is 4.74. The minimum atomic E-state index is -0.278. The highest BCUT2D eigenvalue weighted by atomic mass is 35.5. The summed E-state index contributed by atoms with van der Waals surface area (Å²) in [5.41, 5.74) is 3.07. The van der Waals surface area contributed by atoms with Crippen LogP contribution in [0.15, 0.2) is 60.7 Å². The summed E-state index contributed by atoms with van der Waals surface area (Å²) in [7, 11) is 1.55. The number of nitrogens with zero attached hydrogens (tertiary/aromatic N) is 2. The van der Waals surface area contributed by atoms with Gasteiger partial charge in [-0.25, -0.2) is 0 Å². The molecule has 0 aliphatic rings. The van der Waals surface area contributed by atoms with Crippen molar-refractivity contribution in [3.63, 3.8) is 0 Å². The van der Waals surface area contributed by atoms with Crippen molar-refractivity contribution in [1.82, 2.24) is 15.5 Å². The highest BCUT2D eigenvalue weighted by Gasteiger charge is 2.09. The predicted octanol–water partition coefficient (Wildman–Crippen LogP) is 4.41. The lowest BCUT2D eigenvalue weighted by Gasteiger charge is -2.17. The van der Waals surface area contributed by atoms with Gasteiger partial charge in [0, 0.05) is 18.8 Å². The Balaban J connectivity index is 1.68. The quantitative estimate of drug-likeness (QED) is 0.589. The smallest absolute Gasteiger partial charge is 0.271 e. The molecule has 0 spiro atoms. The van der Waals surface area contributed by atoms with E-state index in [0.717, 1.165) is 11.4 Å². The van der Waals surface area contributed by atoms with Gasteiger partial charge in [-0.1, -0.05) is 41.9 Å². The Kier molecular flexibility index (Phi) is 5.88. The van der Waals surface area contributed by atoms with Crippen LogP contribution in [-0.4, -0.2) is 23.2 Å². The zero-order chi connectivity index (χ0) is 19.2. The molecule has 1 heterocycles. The molecular weight excluding hydrogens is 362 g/mol. The molecule has 0 fully saturated rings. The zero-order valence-corrected chi connectivity index (χ0v) is 15.8. The number of hydrogen-bond acceptors (Lipinski definition) is 5. The molecule has 6 nitrogen and oxygen atoms in total. The second-order valence-electron chi connectivity index (χ2n) is 5.98. The molecule has 27 heavy (non-hydrogen) atoms. The van der Waals surface area contributed by atoms with E-state index in [1.165, 1.54) is 5.56 Å². The molecule has 0 radical (unpaired) electrons. The van der Waals surface area contributed by atoms with Gasteiger partial charge >= 0.3 is 0 Å². The van der Waals surface area contributed by atoms with E-state index in [-0.39, 0.29) is 17.6 Å². The average Bonchev–Trinajstić information content (AvgIpc) is 2.70. The molecule has 0 saturated heterocycles. The molecule has 0 saturated carbocycles. The lowest BCUT2D eigenvalue weighted by molar-refractivity contribution is 0.0957. The summed E-state index contributed by atoms with van der Waals surface area (Å²) in [6, 6.07) is 19.2. The summed E-state index contributed by atoms with van der Waals surface area (Å²) in [5.74, 6) is 0.247. The Morgan fingerprint density at radius 3 is 2.44 bits per heavy atom. The summed E-state index contributed by atoms with van der Waals surface area (Å²) in [6.07, 6.45) is 0. The maximum atomic E-state index is 11.5. The number of halogens is 1. The summed E-state index contributed by atoms with van der Waals surface area (Å²) in [6.45, 7) is 2.08. The maximum Gasteiger partial charge on any atom is 0.271 e. The van der Waals surface area contributed by atoms with Crippen LogP contribution in [0.5, 0.6) is 0 Å². The number of hydrogen-bond donors (Lipinski definition) is 3. The van der Waals surface area contributed by atoms with Crippen molar-refractivity contribution in [2.75, 3.05) is 17.7 Å². The zero-order valence-electron chi connectivity index (χ0n) is 15.0. The van der Waals surface area contributed by atoms with Crippen LogP contribution in [0, 0.1) is 0 Å². The third-order valence-electron chi connectivity index (χ3n) is 4.04. The van der Waals surface area contributed by atoms with Crippen LogP contribution in [0.25, 0.3) is 0 Å². The van der Waals surface area contributed by atoms with Crippen LogP contribution in [0.3, 0.4) is 0 Å². The number of carbonyl (C=O) groups excluding carboxylic acids is 1. The summed E-state index contributed by atoms with van der Waals surface area (Å²) in [4.78, 5) is 11.5. The van der Waals surface area contributed by atoms with Gasteiger partial charge in [-0.15, -0.1) is 10.2 Å². The monoisotopic (exact) mass is 381 g/mol. The molecule has 2 aromatic carbocycles. The van der Waals surface area contributed by atoms with Gasteiger partial charge in [0.15, 0.2) is 11.5 Å². The second-order valence-corrected chi connectivity index (χ2v) is 6.39. The molecule has 138 valence electrons. The van der Waals surface area contributed by atoms with Gasteiger partial charge in [-0.2, -0.15) is 0 Å². The summed E-state index contributed by atoms with van der Waals surface area (Å²) >= 11 is 6.42. The third-order valence-corrected chi connectivity index (χ3v) is 4.35. The standard InChI is InChI=1S/C20H20ClN5O/c1-13(14-6-4-3-5-7-14)23-17-9-8-15(12-16(17)21)24-19-11-10-18(25-26-19)20(27)22-2/h3-13,23H,1-2H3,(H,22,27)(H,24,26). The van der Waals surface area contributed by atoms with Crippen molar-refractivity contribution in [3.8, 4) is 0 Å². The fourth-order valence-corrected chi connectivity index (χ4v) is 2.80. The van der Waals surface area contributed by atoms with E-state index in [1.54, 1.807) is 19.2 Å². The number of carbonyl (C=O) groups is 1. The number of amides is 1. The number of rotatable bonds is 6. The Morgan fingerprint density at radius 2 is 1.81 bits per heavy atom. The number of benzene rings is 2. The van der Waals surface area contributed by atoms with Crippen molar-refractivity contribution < 1.29 is 4.79 Å². The molecular formula is C20H20ClN5O. The first kappa shape index (κ1) is 18.7. The molecule has 1 atom stereocenters. The molecule has 3 N–H and O–H groups in total.